The second-order valence-electron chi connectivity index (χ2n) is 7.33. The molecular formula is C21H20FN5O. The van der Waals surface area contributed by atoms with Crippen molar-refractivity contribution in [3.8, 4) is 0 Å². The monoisotopic (exact) mass is 377 g/mol. The maximum atomic E-state index is 13.9. The largest absolute Gasteiger partial charge is 0.337 e. The Balaban J connectivity index is 1.76. The lowest BCUT2D eigenvalue weighted by Crippen LogP contribution is -2.34. The van der Waals surface area contributed by atoms with E-state index in [1.54, 1.807) is 6.07 Å². The van der Waals surface area contributed by atoms with Crippen molar-refractivity contribution in [2.75, 3.05) is 33.2 Å². The van der Waals surface area contributed by atoms with Crippen LogP contribution in [0.1, 0.15) is 16.8 Å². The highest BCUT2D eigenvalue weighted by molar-refractivity contribution is 6.05. The van der Waals surface area contributed by atoms with Gasteiger partial charge in [-0.1, -0.05) is 12.1 Å². The first-order valence-corrected chi connectivity index (χ1v) is 9.45. The quantitative estimate of drug-likeness (QED) is 0.512. The number of imidazole rings is 1. The van der Waals surface area contributed by atoms with Gasteiger partial charge in [0, 0.05) is 25.0 Å². The van der Waals surface area contributed by atoms with Gasteiger partial charge in [0.1, 0.15) is 11.5 Å². The van der Waals surface area contributed by atoms with E-state index in [0.29, 0.717) is 35.3 Å². The van der Waals surface area contributed by atoms with E-state index in [0.717, 1.165) is 30.5 Å². The lowest BCUT2D eigenvalue weighted by atomic mass is 10.1. The molecule has 6 nitrogen and oxygen atoms in total. The summed E-state index contributed by atoms with van der Waals surface area (Å²) in [4.78, 5) is 26.5. The van der Waals surface area contributed by atoms with Gasteiger partial charge in [0.15, 0.2) is 5.65 Å². The van der Waals surface area contributed by atoms with Gasteiger partial charge in [0.2, 0.25) is 0 Å². The molecule has 142 valence electrons. The average molecular weight is 377 g/mol. The molecule has 1 fully saturated rings. The van der Waals surface area contributed by atoms with Gasteiger partial charge in [-0.05, 0) is 44.3 Å². The lowest BCUT2D eigenvalue weighted by molar-refractivity contribution is 0.0764. The Hall–Kier alpha value is -3.06. The summed E-state index contributed by atoms with van der Waals surface area (Å²) < 4.78 is 15.7. The normalized spacial score (nSPS) is 16.1. The molecule has 1 saturated heterocycles. The number of halogens is 1. The number of amides is 1. The van der Waals surface area contributed by atoms with E-state index < -0.39 is 5.82 Å². The Labute approximate surface area is 161 Å². The SMILES string of the molecule is CN1CCCN(C(=O)c2cc3cc(F)cnc3n3c2nc2ccccc23)CC1. The van der Waals surface area contributed by atoms with Gasteiger partial charge in [0.05, 0.1) is 22.8 Å². The van der Waals surface area contributed by atoms with Crippen molar-refractivity contribution in [3.05, 3.63) is 54.0 Å². The molecule has 5 rings (SSSR count). The van der Waals surface area contributed by atoms with Crippen LogP contribution in [0.2, 0.25) is 0 Å². The molecule has 0 bridgehead atoms. The third-order valence-corrected chi connectivity index (χ3v) is 5.41. The molecule has 0 spiro atoms. The summed E-state index contributed by atoms with van der Waals surface area (Å²) in [6.45, 7) is 3.18. The van der Waals surface area contributed by atoms with E-state index in [4.69, 9.17) is 4.98 Å². The van der Waals surface area contributed by atoms with Crippen LogP contribution in [-0.2, 0) is 0 Å². The summed E-state index contributed by atoms with van der Waals surface area (Å²) in [5.74, 6) is -0.493. The molecule has 1 aliphatic heterocycles. The van der Waals surface area contributed by atoms with E-state index in [-0.39, 0.29) is 5.91 Å². The van der Waals surface area contributed by atoms with Crippen LogP contribution >= 0.6 is 0 Å². The number of aromatic nitrogens is 3. The lowest BCUT2D eigenvalue weighted by Gasteiger charge is -2.21. The molecule has 1 aromatic carbocycles. The van der Waals surface area contributed by atoms with Gasteiger partial charge in [-0.2, -0.15) is 0 Å². The molecule has 1 aliphatic rings. The minimum atomic E-state index is -0.425. The number of pyridine rings is 2. The Morgan fingerprint density at radius 3 is 2.82 bits per heavy atom. The third-order valence-electron chi connectivity index (χ3n) is 5.41. The fraction of sp³-hybridized carbons (Fsp3) is 0.286. The van der Waals surface area contributed by atoms with Crippen LogP contribution in [0.3, 0.4) is 0 Å². The smallest absolute Gasteiger partial charge is 0.257 e. The standard InChI is InChI=1S/C21H20FN5O/c1-25-7-4-8-26(10-9-25)21(28)16-12-14-11-15(22)13-23-19(14)27-18-6-3-2-5-17(18)24-20(16)27/h2-3,5-6,11-13H,4,7-10H2,1H3. The maximum Gasteiger partial charge on any atom is 0.257 e. The predicted molar refractivity (Wildman–Crippen MR) is 106 cm³/mol. The van der Waals surface area contributed by atoms with E-state index >= 15 is 0 Å². The van der Waals surface area contributed by atoms with Crippen molar-refractivity contribution in [2.24, 2.45) is 0 Å². The number of carbonyl (C=O) groups is 1. The number of para-hydroxylation sites is 2. The van der Waals surface area contributed by atoms with Crippen LogP contribution in [0.15, 0.2) is 42.6 Å². The first-order valence-electron chi connectivity index (χ1n) is 9.45. The minimum absolute atomic E-state index is 0.0678. The number of likely N-dealkylation sites (N-methyl/N-ethyl adjacent to an activating group) is 1. The summed E-state index contributed by atoms with van der Waals surface area (Å²) in [7, 11) is 2.07. The predicted octanol–water partition coefficient (Wildman–Crippen LogP) is 2.95. The number of benzene rings is 1. The molecule has 0 aliphatic carbocycles. The van der Waals surface area contributed by atoms with Crippen LogP contribution in [0, 0.1) is 5.82 Å². The molecule has 0 radical (unpaired) electrons. The van der Waals surface area contributed by atoms with Crippen LogP contribution in [0.4, 0.5) is 4.39 Å². The fourth-order valence-electron chi connectivity index (χ4n) is 3.96. The second-order valence-corrected chi connectivity index (χ2v) is 7.33. The number of carbonyl (C=O) groups excluding carboxylic acids is 1. The van der Waals surface area contributed by atoms with Crippen molar-refractivity contribution in [1.82, 2.24) is 24.2 Å². The minimum Gasteiger partial charge on any atom is -0.337 e. The van der Waals surface area contributed by atoms with Gasteiger partial charge >= 0.3 is 0 Å². The van der Waals surface area contributed by atoms with Gasteiger partial charge in [0.25, 0.3) is 5.91 Å². The Morgan fingerprint density at radius 2 is 1.93 bits per heavy atom. The summed E-state index contributed by atoms with van der Waals surface area (Å²) in [5.41, 5.74) is 3.28. The maximum absolute atomic E-state index is 13.9. The van der Waals surface area contributed by atoms with Crippen molar-refractivity contribution in [3.63, 3.8) is 0 Å². The third kappa shape index (κ3) is 2.70. The van der Waals surface area contributed by atoms with E-state index in [1.165, 1.54) is 12.3 Å². The topological polar surface area (TPSA) is 53.7 Å². The second kappa shape index (κ2) is 6.53. The van der Waals surface area contributed by atoms with Crippen LogP contribution in [0.25, 0.3) is 27.7 Å². The summed E-state index contributed by atoms with van der Waals surface area (Å²) >= 11 is 0. The number of rotatable bonds is 1. The molecule has 1 amide bonds. The zero-order valence-electron chi connectivity index (χ0n) is 15.6. The summed E-state index contributed by atoms with van der Waals surface area (Å²) in [6.07, 6.45) is 2.13. The molecular weight excluding hydrogens is 357 g/mol. The summed E-state index contributed by atoms with van der Waals surface area (Å²) in [5, 5.41) is 0.589. The molecule has 0 unspecified atom stereocenters. The molecule has 0 saturated carbocycles. The van der Waals surface area contributed by atoms with Crippen LogP contribution < -0.4 is 0 Å². The molecule has 7 heteroatoms. The first-order chi connectivity index (χ1) is 13.6. The molecule has 3 aromatic heterocycles. The highest BCUT2D eigenvalue weighted by atomic mass is 19.1. The zero-order chi connectivity index (χ0) is 19.3. The van der Waals surface area contributed by atoms with E-state index in [2.05, 4.69) is 16.9 Å². The zero-order valence-corrected chi connectivity index (χ0v) is 15.6. The van der Waals surface area contributed by atoms with Gasteiger partial charge in [-0.15, -0.1) is 0 Å². The number of nitrogens with zero attached hydrogens (tertiary/aromatic N) is 5. The fourth-order valence-corrected chi connectivity index (χ4v) is 3.96. The molecule has 4 heterocycles. The van der Waals surface area contributed by atoms with E-state index in [9.17, 15) is 9.18 Å². The van der Waals surface area contributed by atoms with Gasteiger partial charge < -0.3 is 9.80 Å². The van der Waals surface area contributed by atoms with Crippen molar-refractivity contribution in [2.45, 2.75) is 6.42 Å². The number of fused-ring (bicyclic) bond motifs is 5. The van der Waals surface area contributed by atoms with Gasteiger partial charge in [-0.25, -0.2) is 14.4 Å². The summed E-state index contributed by atoms with van der Waals surface area (Å²) in [6, 6.07) is 10.8. The molecule has 0 N–H and O–H groups in total. The van der Waals surface area contributed by atoms with Crippen molar-refractivity contribution in [1.29, 1.82) is 0 Å². The molecule has 0 atom stereocenters. The van der Waals surface area contributed by atoms with Gasteiger partial charge in [-0.3, -0.25) is 9.20 Å². The highest BCUT2D eigenvalue weighted by Gasteiger charge is 2.24. The van der Waals surface area contributed by atoms with E-state index in [1.807, 2.05) is 33.6 Å². The Morgan fingerprint density at radius 1 is 1.07 bits per heavy atom. The highest BCUT2D eigenvalue weighted by Crippen LogP contribution is 2.26. The number of hydrogen-bond acceptors (Lipinski definition) is 4. The number of hydrogen-bond donors (Lipinski definition) is 0. The molecule has 28 heavy (non-hydrogen) atoms. The van der Waals surface area contributed by atoms with Crippen molar-refractivity contribution >= 4 is 33.6 Å². The average Bonchev–Trinajstić information content (AvgIpc) is 2.95. The van der Waals surface area contributed by atoms with Crippen LogP contribution in [-0.4, -0.2) is 63.3 Å². The van der Waals surface area contributed by atoms with Crippen LogP contribution in [0.5, 0.6) is 0 Å². The Kier molecular flexibility index (Phi) is 3.98. The van der Waals surface area contributed by atoms with Crippen molar-refractivity contribution < 1.29 is 9.18 Å². The Bertz CT molecular complexity index is 1220. The molecule has 4 aromatic rings. The first kappa shape index (κ1) is 17.1.